The van der Waals surface area contributed by atoms with E-state index >= 15 is 0 Å². The largest absolute Gasteiger partial charge is 0.444 e. The predicted octanol–water partition coefficient (Wildman–Crippen LogP) is 4.47. The van der Waals surface area contributed by atoms with Crippen LogP contribution in [0.4, 0.5) is 4.79 Å². The first-order valence-electron chi connectivity index (χ1n) is 11.5. The molecule has 6 heteroatoms. The number of amides is 1. The van der Waals surface area contributed by atoms with Crippen LogP contribution in [0.2, 0.25) is 0 Å². The van der Waals surface area contributed by atoms with Gasteiger partial charge in [0.1, 0.15) is 17.4 Å². The Morgan fingerprint density at radius 1 is 1.24 bits per heavy atom. The topological polar surface area (TPSA) is 79.2 Å². The summed E-state index contributed by atoms with van der Waals surface area (Å²) in [6, 6.07) is -0.260. The van der Waals surface area contributed by atoms with E-state index in [4.69, 9.17) is 9.47 Å². The van der Waals surface area contributed by atoms with Crippen molar-refractivity contribution in [3.63, 3.8) is 0 Å². The third-order valence-corrected chi connectivity index (χ3v) is 6.32. The number of carbonyl (C=O) groups excluding carboxylic acids is 1. The van der Waals surface area contributed by atoms with Crippen molar-refractivity contribution in [1.29, 1.82) is 0 Å². The highest BCUT2D eigenvalue weighted by molar-refractivity contribution is 5.70. The fourth-order valence-corrected chi connectivity index (χ4v) is 4.99. The number of carbonyl (C=O) groups is 1. The van der Waals surface area contributed by atoms with Gasteiger partial charge in [0, 0.05) is 12.5 Å². The number of aliphatic hydroxyl groups is 2. The van der Waals surface area contributed by atoms with Crippen LogP contribution in [-0.4, -0.2) is 57.4 Å². The molecule has 1 saturated carbocycles. The second-order valence-corrected chi connectivity index (χ2v) is 10.4. The Labute approximate surface area is 176 Å². The molecule has 4 atom stereocenters. The van der Waals surface area contributed by atoms with Crippen LogP contribution < -0.4 is 0 Å². The smallest absolute Gasteiger partial charge is 0.412 e. The zero-order valence-electron chi connectivity index (χ0n) is 19.3. The van der Waals surface area contributed by atoms with Gasteiger partial charge in [0.25, 0.3) is 0 Å². The highest BCUT2D eigenvalue weighted by Gasteiger charge is 2.54. The van der Waals surface area contributed by atoms with Gasteiger partial charge >= 0.3 is 6.09 Å². The summed E-state index contributed by atoms with van der Waals surface area (Å²) >= 11 is 0. The van der Waals surface area contributed by atoms with Crippen molar-refractivity contribution in [3.05, 3.63) is 0 Å². The van der Waals surface area contributed by atoms with Crippen molar-refractivity contribution in [2.24, 2.45) is 11.8 Å². The lowest BCUT2D eigenvalue weighted by Crippen LogP contribution is -2.52. The molecule has 2 rings (SSSR count). The summed E-state index contributed by atoms with van der Waals surface area (Å²) in [6.07, 6.45) is 6.68. The van der Waals surface area contributed by atoms with Crippen LogP contribution in [0.15, 0.2) is 0 Å². The average molecular weight is 414 g/mol. The van der Waals surface area contributed by atoms with Crippen molar-refractivity contribution in [1.82, 2.24) is 4.90 Å². The molecule has 29 heavy (non-hydrogen) atoms. The fraction of sp³-hybridized carbons (Fsp3) is 0.957. The number of hydrogen-bond acceptors (Lipinski definition) is 5. The molecule has 0 aromatic rings. The van der Waals surface area contributed by atoms with E-state index in [1.807, 2.05) is 41.5 Å². The third kappa shape index (κ3) is 6.31. The lowest BCUT2D eigenvalue weighted by atomic mass is 9.81. The Kier molecular flexibility index (Phi) is 8.40. The maximum atomic E-state index is 13.2. The van der Waals surface area contributed by atoms with Gasteiger partial charge in [-0.25, -0.2) is 4.79 Å². The highest BCUT2D eigenvalue weighted by atomic mass is 16.6. The number of aliphatic hydroxyl groups excluding tert-OH is 2. The standard InChI is InChI=1S/C23H43NO5/c1-7-11-17(15-25)19(26)20-18(14-16-12-9-8-10-13-16)24(23(5,6)28-20)21(27)29-22(2,3)4/h16-20,25-26H,7-15H2,1-6H3/t17-,18-,19-,20+/m0/s1. The van der Waals surface area contributed by atoms with Crippen LogP contribution in [0.1, 0.15) is 92.9 Å². The van der Waals surface area contributed by atoms with Gasteiger partial charge in [-0.2, -0.15) is 0 Å². The van der Waals surface area contributed by atoms with Gasteiger partial charge in [-0.1, -0.05) is 45.4 Å². The molecule has 1 heterocycles. The van der Waals surface area contributed by atoms with E-state index in [1.165, 1.54) is 19.3 Å². The monoisotopic (exact) mass is 413 g/mol. The van der Waals surface area contributed by atoms with Gasteiger partial charge in [0.2, 0.25) is 0 Å². The Morgan fingerprint density at radius 3 is 2.38 bits per heavy atom. The van der Waals surface area contributed by atoms with E-state index in [0.717, 1.165) is 32.1 Å². The van der Waals surface area contributed by atoms with E-state index in [0.29, 0.717) is 5.92 Å². The maximum absolute atomic E-state index is 13.2. The number of ether oxygens (including phenoxy) is 2. The van der Waals surface area contributed by atoms with Crippen LogP contribution in [0.3, 0.4) is 0 Å². The first kappa shape index (κ1) is 24.4. The van der Waals surface area contributed by atoms with Gasteiger partial charge in [0.15, 0.2) is 0 Å². The van der Waals surface area contributed by atoms with Crippen molar-refractivity contribution >= 4 is 6.09 Å². The number of rotatable bonds is 7. The summed E-state index contributed by atoms with van der Waals surface area (Å²) in [5.41, 5.74) is -1.48. The molecule has 1 aliphatic carbocycles. The third-order valence-electron chi connectivity index (χ3n) is 6.32. The number of nitrogens with zero attached hydrogens (tertiary/aromatic N) is 1. The highest BCUT2D eigenvalue weighted by Crippen LogP contribution is 2.41. The summed E-state index contributed by atoms with van der Waals surface area (Å²) in [5.74, 6) is 0.262. The van der Waals surface area contributed by atoms with Crippen molar-refractivity contribution in [2.45, 2.75) is 122 Å². The fourth-order valence-electron chi connectivity index (χ4n) is 4.99. The lowest BCUT2D eigenvalue weighted by Gasteiger charge is -2.37. The van der Waals surface area contributed by atoms with E-state index < -0.39 is 29.6 Å². The minimum atomic E-state index is -0.875. The minimum Gasteiger partial charge on any atom is -0.444 e. The quantitative estimate of drug-likeness (QED) is 0.644. The predicted molar refractivity (Wildman–Crippen MR) is 113 cm³/mol. The van der Waals surface area contributed by atoms with Crippen LogP contribution in [0.25, 0.3) is 0 Å². The molecule has 0 aromatic heterocycles. The van der Waals surface area contributed by atoms with E-state index in [1.54, 1.807) is 4.90 Å². The van der Waals surface area contributed by atoms with Crippen LogP contribution in [-0.2, 0) is 9.47 Å². The Hall–Kier alpha value is -0.850. The van der Waals surface area contributed by atoms with Gasteiger partial charge in [0.05, 0.1) is 12.1 Å². The molecule has 0 aromatic carbocycles. The average Bonchev–Trinajstić information content (AvgIpc) is 2.89. The van der Waals surface area contributed by atoms with Crippen molar-refractivity contribution < 1.29 is 24.5 Å². The molecule has 170 valence electrons. The molecule has 2 fully saturated rings. The van der Waals surface area contributed by atoms with Gasteiger partial charge in [-0.05, 0) is 53.4 Å². The Balaban J connectivity index is 2.31. The van der Waals surface area contributed by atoms with Gasteiger partial charge < -0.3 is 19.7 Å². The summed E-state index contributed by atoms with van der Waals surface area (Å²) < 4.78 is 12.0. The molecule has 2 N–H and O–H groups in total. The second-order valence-electron chi connectivity index (χ2n) is 10.4. The van der Waals surface area contributed by atoms with Gasteiger partial charge in [-0.15, -0.1) is 0 Å². The van der Waals surface area contributed by atoms with Crippen molar-refractivity contribution in [2.75, 3.05) is 6.61 Å². The van der Waals surface area contributed by atoms with Crippen molar-refractivity contribution in [3.8, 4) is 0 Å². The Bertz CT molecular complexity index is 524. The zero-order chi connectivity index (χ0) is 21.8. The molecule has 0 radical (unpaired) electrons. The molecule has 2 aliphatic rings. The van der Waals surface area contributed by atoms with Crippen LogP contribution >= 0.6 is 0 Å². The molecule has 1 amide bonds. The molecule has 6 nitrogen and oxygen atoms in total. The minimum absolute atomic E-state index is 0.0854. The molecular formula is C23H43NO5. The summed E-state index contributed by atoms with van der Waals surface area (Å²) in [5, 5.41) is 21.0. The molecular weight excluding hydrogens is 370 g/mol. The first-order valence-corrected chi connectivity index (χ1v) is 11.5. The molecule has 1 aliphatic heterocycles. The van der Waals surface area contributed by atoms with E-state index in [9.17, 15) is 15.0 Å². The summed E-state index contributed by atoms with van der Waals surface area (Å²) in [4.78, 5) is 14.9. The zero-order valence-corrected chi connectivity index (χ0v) is 19.3. The lowest BCUT2D eigenvalue weighted by molar-refractivity contribution is -0.117. The molecule has 1 saturated heterocycles. The van der Waals surface area contributed by atoms with Crippen LogP contribution in [0.5, 0.6) is 0 Å². The molecule has 0 bridgehead atoms. The second kappa shape index (κ2) is 9.97. The summed E-state index contributed by atoms with van der Waals surface area (Å²) in [7, 11) is 0. The van der Waals surface area contributed by atoms with E-state index in [2.05, 4.69) is 0 Å². The SMILES string of the molecule is CCC[C@@H](CO)[C@H](O)[C@@H]1OC(C)(C)N(C(=O)OC(C)(C)C)[C@H]1CC1CCCCC1. The van der Waals surface area contributed by atoms with E-state index in [-0.39, 0.29) is 18.6 Å². The Morgan fingerprint density at radius 2 is 1.86 bits per heavy atom. The van der Waals surface area contributed by atoms with Gasteiger partial charge in [-0.3, -0.25) is 4.90 Å². The summed E-state index contributed by atoms with van der Waals surface area (Å²) in [6.45, 7) is 11.3. The number of hydrogen-bond donors (Lipinski definition) is 2. The normalized spacial score (nSPS) is 27.7. The maximum Gasteiger partial charge on any atom is 0.412 e. The molecule has 0 unspecified atom stereocenters. The van der Waals surface area contributed by atoms with Crippen LogP contribution in [0, 0.1) is 11.8 Å². The first-order chi connectivity index (χ1) is 13.5. The molecule has 0 spiro atoms.